The summed E-state index contributed by atoms with van der Waals surface area (Å²) in [5, 5.41) is 13.9. The van der Waals surface area contributed by atoms with E-state index in [-0.39, 0.29) is 24.7 Å². The number of benzene rings is 1. The van der Waals surface area contributed by atoms with Crippen molar-refractivity contribution in [2.24, 2.45) is 0 Å². The molecule has 1 aromatic carbocycles. The molecule has 318 valence electrons. The lowest BCUT2D eigenvalue weighted by Gasteiger charge is -2.09. The van der Waals surface area contributed by atoms with Gasteiger partial charge in [-0.15, -0.1) is 0 Å². The summed E-state index contributed by atoms with van der Waals surface area (Å²) in [4.78, 5) is 32.8. The van der Waals surface area contributed by atoms with E-state index in [9.17, 15) is 14.4 Å². The summed E-state index contributed by atoms with van der Waals surface area (Å²) in [6, 6.07) is 7.15. The summed E-state index contributed by atoms with van der Waals surface area (Å²) >= 11 is 0. The number of ether oxygens (including phenoxy) is 12. The molecule has 2 amide bonds. The third-order valence-electron chi connectivity index (χ3n) is 6.74. The standard InChI is InChI=1S/C37H64N2O16/c1-33(40)39-34-3-5-35(6-4-34)55-32-31-54-30-29-53-28-27-52-26-25-51-24-23-50-22-21-49-20-19-48-18-17-47-16-15-46-14-13-45-12-11-44-10-2-9-38-36(41)7-8-37(42)43/h3-6H,2,7-32H2,1H3,(H,38,41)(H,39,40)(H,42,43). The minimum Gasteiger partial charge on any atom is -0.491 e. The molecule has 55 heavy (non-hydrogen) atoms. The Kier molecular flexibility index (Phi) is 35.7. The van der Waals surface area contributed by atoms with Crippen molar-refractivity contribution in [3.05, 3.63) is 24.3 Å². The van der Waals surface area contributed by atoms with Crippen molar-refractivity contribution in [3.63, 3.8) is 0 Å². The minimum atomic E-state index is -0.986. The van der Waals surface area contributed by atoms with Crippen LogP contribution in [0.1, 0.15) is 26.2 Å². The fourth-order valence-electron chi connectivity index (χ4n) is 4.07. The number of carboxylic acids is 1. The molecule has 0 aromatic heterocycles. The van der Waals surface area contributed by atoms with Gasteiger partial charge in [0.15, 0.2) is 0 Å². The highest BCUT2D eigenvalue weighted by Crippen LogP contribution is 2.15. The molecule has 18 nitrogen and oxygen atoms in total. The largest absolute Gasteiger partial charge is 0.491 e. The first kappa shape index (κ1) is 50.0. The monoisotopic (exact) mass is 792 g/mol. The molecule has 0 aliphatic carbocycles. The lowest BCUT2D eigenvalue weighted by molar-refractivity contribution is -0.138. The molecule has 0 radical (unpaired) electrons. The van der Waals surface area contributed by atoms with Gasteiger partial charge in [0.2, 0.25) is 11.8 Å². The Hall–Kier alpha value is -3.01. The van der Waals surface area contributed by atoms with E-state index >= 15 is 0 Å². The number of nitrogens with one attached hydrogen (secondary N) is 2. The second-order valence-electron chi connectivity index (χ2n) is 11.4. The normalized spacial score (nSPS) is 11.1. The van der Waals surface area contributed by atoms with Gasteiger partial charge in [-0.2, -0.15) is 0 Å². The number of aliphatic carboxylic acids is 1. The SMILES string of the molecule is CC(=O)Nc1ccc(OCCOCCOCCOCCOCCOCCOCCOCCOCCOCCOCCOCCCNC(=O)CCC(=O)O)cc1. The number of carbonyl (C=O) groups excluding carboxylic acids is 2. The Morgan fingerprint density at radius 1 is 0.473 bits per heavy atom. The smallest absolute Gasteiger partial charge is 0.303 e. The maximum atomic E-state index is 11.4. The second kappa shape index (κ2) is 39.2. The Balaban J connectivity index is 1.65. The topological polar surface area (TPSA) is 206 Å². The molecule has 0 unspecified atom stereocenters. The number of anilines is 1. The van der Waals surface area contributed by atoms with Crippen molar-refractivity contribution in [3.8, 4) is 5.75 Å². The van der Waals surface area contributed by atoms with Gasteiger partial charge in [-0.25, -0.2) is 0 Å². The van der Waals surface area contributed by atoms with Crippen molar-refractivity contribution in [2.75, 3.05) is 164 Å². The molecule has 3 N–H and O–H groups in total. The zero-order valence-corrected chi connectivity index (χ0v) is 32.5. The number of amides is 2. The summed E-state index contributed by atoms with van der Waals surface area (Å²) in [5.74, 6) is -0.662. The zero-order valence-electron chi connectivity index (χ0n) is 32.5. The molecule has 0 aliphatic rings. The van der Waals surface area contributed by atoms with E-state index in [2.05, 4.69) is 10.6 Å². The zero-order chi connectivity index (χ0) is 39.7. The Morgan fingerprint density at radius 3 is 1.13 bits per heavy atom. The molecule has 0 saturated heterocycles. The van der Waals surface area contributed by atoms with E-state index < -0.39 is 5.97 Å². The molecule has 1 aromatic rings. The third-order valence-corrected chi connectivity index (χ3v) is 6.74. The summed E-state index contributed by atoms with van der Waals surface area (Å²) in [6.45, 7) is 12.7. The van der Waals surface area contributed by atoms with E-state index in [1.165, 1.54) is 6.92 Å². The predicted octanol–water partition coefficient (Wildman–Crippen LogP) is 1.58. The van der Waals surface area contributed by atoms with Gasteiger partial charge in [0, 0.05) is 32.2 Å². The van der Waals surface area contributed by atoms with Crippen molar-refractivity contribution < 1.29 is 76.3 Å². The van der Waals surface area contributed by atoms with Gasteiger partial charge in [0.25, 0.3) is 0 Å². The maximum Gasteiger partial charge on any atom is 0.303 e. The Bertz CT molecular complexity index is 1040. The van der Waals surface area contributed by atoms with Gasteiger partial charge in [0.1, 0.15) is 12.4 Å². The summed E-state index contributed by atoms with van der Waals surface area (Å²) in [5.41, 5.74) is 0.725. The van der Waals surface area contributed by atoms with Crippen LogP contribution in [-0.4, -0.2) is 181 Å². The first-order valence-electron chi connectivity index (χ1n) is 18.8. The highest BCUT2D eigenvalue weighted by Gasteiger charge is 2.04. The van der Waals surface area contributed by atoms with Crippen molar-refractivity contribution in [1.29, 1.82) is 0 Å². The van der Waals surface area contributed by atoms with E-state index in [1.807, 2.05) is 0 Å². The summed E-state index contributed by atoms with van der Waals surface area (Å²) < 4.78 is 65.7. The van der Waals surface area contributed by atoms with Crippen molar-refractivity contribution >= 4 is 23.5 Å². The number of hydrogen-bond donors (Lipinski definition) is 3. The van der Waals surface area contributed by atoms with Gasteiger partial charge in [0.05, 0.1) is 145 Å². The highest BCUT2D eigenvalue weighted by atomic mass is 16.6. The van der Waals surface area contributed by atoms with Crippen LogP contribution in [0.4, 0.5) is 5.69 Å². The minimum absolute atomic E-state index is 0.0144. The number of carboxylic acid groups (broad SMARTS) is 1. The molecule has 1 rings (SSSR count). The maximum absolute atomic E-state index is 11.4. The second-order valence-corrected chi connectivity index (χ2v) is 11.4. The van der Waals surface area contributed by atoms with Crippen LogP contribution in [-0.2, 0) is 66.5 Å². The molecule has 18 heteroatoms. The van der Waals surface area contributed by atoms with Gasteiger partial charge in [-0.05, 0) is 30.7 Å². The molecular formula is C37H64N2O16. The fourth-order valence-corrected chi connectivity index (χ4v) is 4.07. The number of hydrogen-bond acceptors (Lipinski definition) is 15. The molecular weight excluding hydrogens is 728 g/mol. The van der Waals surface area contributed by atoms with Crippen LogP contribution >= 0.6 is 0 Å². The molecule has 0 atom stereocenters. The van der Waals surface area contributed by atoms with Crippen LogP contribution in [0.25, 0.3) is 0 Å². The average molecular weight is 793 g/mol. The summed E-state index contributed by atoms with van der Waals surface area (Å²) in [6.07, 6.45) is 0.464. The average Bonchev–Trinajstić information content (AvgIpc) is 3.17. The Labute approximate surface area is 324 Å². The van der Waals surface area contributed by atoms with Crippen LogP contribution in [0.15, 0.2) is 24.3 Å². The molecule has 0 saturated carbocycles. The van der Waals surface area contributed by atoms with E-state index in [0.717, 1.165) is 5.69 Å². The fraction of sp³-hybridized carbons (Fsp3) is 0.757. The van der Waals surface area contributed by atoms with Crippen LogP contribution in [0.3, 0.4) is 0 Å². The molecule has 0 spiro atoms. The molecule has 0 heterocycles. The number of carbonyl (C=O) groups is 3. The predicted molar refractivity (Wildman–Crippen MR) is 200 cm³/mol. The Morgan fingerprint density at radius 2 is 0.800 bits per heavy atom. The third kappa shape index (κ3) is 37.7. The lowest BCUT2D eigenvalue weighted by atomic mass is 10.3. The van der Waals surface area contributed by atoms with Crippen LogP contribution < -0.4 is 15.4 Å². The van der Waals surface area contributed by atoms with E-state index in [1.54, 1.807) is 24.3 Å². The van der Waals surface area contributed by atoms with Gasteiger partial charge < -0.3 is 72.6 Å². The quantitative estimate of drug-likeness (QED) is 0.0804. The first-order chi connectivity index (χ1) is 27.0. The molecule has 0 aliphatic heterocycles. The first-order valence-corrected chi connectivity index (χ1v) is 18.8. The molecule has 0 bridgehead atoms. The van der Waals surface area contributed by atoms with E-state index in [4.69, 9.17) is 61.9 Å². The summed E-state index contributed by atoms with van der Waals surface area (Å²) in [7, 11) is 0. The van der Waals surface area contributed by atoms with Crippen LogP contribution in [0.2, 0.25) is 0 Å². The van der Waals surface area contributed by atoms with Gasteiger partial charge in [-0.3, -0.25) is 14.4 Å². The molecule has 0 fully saturated rings. The number of rotatable bonds is 42. The van der Waals surface area contributed by atoms with Crippen LogP contribution in [0, 0.1) is 0 Å². The van der Waals surface area contributed by atoms with E-state index in [0.29, 0.717) is 171 Å². The highest BCUT2D eigenvalue weighted by molar-refractivity contribution is 5.88. The van der Waals surface area contributed by atoms with Gasteiger partial charge >= 0.3 is 5.97 Å². The van der Waals surface area contributed by atoms with Gasteiger partial charge in [-0.1, -0.05) is 0 Å². The van der Waals surface area contributed by atoms with Crippen molar-refractivity contribution in [1.82, 2.24) is 5.32 Å². The van der Waals surface area contributed by atoms with Crippen LogP contribution in [0.5, 0.6) is 5.75 Å². The lowest BCUT2D eigenvalue weighted by Crippen LogP contribution is -2.25. The van der Waals surface area contributed by atoms with Crippen molar-refractivity contribution in [2.45, 2.75) is 26.2 Å².